The molecule has 9 nitrogen and oxygen atoms in total. The topological polar surface area (TPSA) is 110 Å². The van der Waals surface area contributed by atoms with E-state index in [4.69, 9.17) is 9.97 Å². The molecule has 2 aliphatic heterocycles. The molecule has 2 saturated heterocycles. The van der Waals surface area contributed by atoms with Crippen molar-refractivity contribution in [1.82, 2.24) is 25.1 Å². The van der Waals surface area contributed by atoms with Crippen molar-refractivity contribution in [3.63, 3.8) is 0 Å². The van der Waals surface area contributed by atoms with Gasteiger partial charge in [-0.25, -0.2) is 4.98 Å². The smallest absolute Gasteiger partial charge is 0.245 e. The highest BCUT2D eigenvalue weighted by Gasteiger charge is 2.40. The standard InChI is InChI=1S/C23H33N7O2/c1-14(2)18-12-20(28-27-18)25-21-16-7-6-8-17(16)24-23(26-21)30-13-15(31)11-19(30)22(32)29-9-4-3-5-10-29/h12,14-15,19,31H,3-11,13H2,1-2H3,(H2,24,25,26,27,28)/t15-,19-/m0/s1. The Bertz CT molecular complexity index is 983. The predicted molar refractivity (Wildman–Crippen MR) is 122 cm³/mol. The summed E-state index contributed by atoms with van der Waals surface area (Å²) >= 11 is 0. The van der Waals surface area contributed by atoms with Crippen molar-refractivity contribution in [2.24, 2.45) is 0 Å². The summed E-state index contributed by atoms with van der Waals surface area (Å²) < 4.78 is 0. The van der Waals surface area contributed by atoms with Crippen LogP contribution in [0.25, 0.3) is 0 Å². The number of nitrogens with zero attached hydrogens (tertiary/aromatic N) is 5. The van der Waals surface area contributed by atoms with Crippen LogP contribution in [0.2, 0.25) is 0 Å². The maximum Gasteiger partial charge on any atom is 0.245 e. The van der Waals surface area contributed by atoms with Gasteiger partial charge in [0.05, 0.1) is 11.8 Å². The number of aliphatic hydroxyl groups is 1. The van der Waals surface area contributed by atoms with E-state index in [1.807, 2.05) is 15.9 Å². The zero-order chi connectivity index (χ0) is 22.2. The van der Waals surface area contributed by atoms with Crippen LogP contribution >= 0.6 is 0 Å². The number of fused-ring (bicyclic) bond motifs is 1. The van der Waals surface area contributed by atoms with Gasteiger partial charge in [-0.15, -0.1) is 0 Å². The molecule has 0 aromatic carbocycles. The van der Waals surface area contributed by atoms with Gasteiger partial charge in [-0.2, -0.15) is 10.1 Å². The molecule has 32 heavy (non-hydrogen) atoms. The van der Waals surface area contributed by atoms with Crippen molar-refractivity contribution >= 4 is 23.5 Å². The zero-order valence-corrected chi connectivity index (χ0v) is 19.0. The van der Waals surface area contributed by atoms with Crippen LogP contribution in [0.4, 0.5) is 17.6 Å². The van der Waals surface area contributed by atoms with Crippen LogP contribution in [0, 0.1) is 0 Å². The highest BCUT2D eigenvalue weighted by atomic mass is 16.3. The quantitative estimate of drug-likeness (QED) is 0.656. The molecule has 3 aliphatic rings. The molecule has 3 N–H and O–H groups in total. The maximum absolute atomic E-state index is 13.3. The van der Waals surface area contributed by atoms with Crippen LogP contribution in [0.3, 0.4) is 0 Å². The number of carbonyl (C=O) groups is 1. The Morgan fingerprint density at radius 3 is 2.75 bits per heavy atom. The summed E-state index contributed by atoms with van der Waals surface area (Å²) in [5, 5.41) is 21.3. The van der Waals surface area contributed by atoms with E-state index >= 15 is 0 Å². The van der Waals surface area contributed by atoms with E-state index in [0.717, 1.165) is 73.8 Å². The molecule has 4 heterocycles. The van der Waals surface area contributed by atoms with Gasteiger partial charge in [-0.1, -0.05) is 13.8 Å². The van der Waals surface area contributed by atoms with Crippen LogP contribution in [0.1, 0.15) is 68.8 Å². The van der Waals surface area contributed by atoms with Crippen LogP contribution in [0.5, 0.6) is 0 Å². The number of aromatic nitrogens is 4. The van der Waals surface area contributed by atoms with Crippen molar-refractivity contribution in [3.8, 4) is 0 Å². The Morgan fingerprint density at radius 2 is 2.00 bits per heavy atom. The number of rotatable bonds is 5. The number of β-amino-alcohol motifs (C(OH)–C–C–N with tert-alkyl or cyclic N) is 1. The van der Waals surface area contributed by atoms with Crippen molar-refractivity contribution in [2.75, 3.05) is 29.9 Å². The van der Waals surface area contributed by atoms with E-state index in [9.17, 15) is 9.90 Å². The second kappa shape index (κ2) is 8.69. The molecule has 5 rings (SSSR count). The number of anilines is 3. The van der Waals surface area contributed by atoms with E-state index in [2.05, 4.69) is 29.4 Å². The fourth-order valence-corrected chi connectivity index (χ4v) is 5.06. The number of hydrogen-bond acceptors (Lipinski definition) is 7. The molecule has 2 aromatic rings. The summed E-state index contributed by atoms with van der Waals surface area (Å²) in [6, 6.07) is 1.60. The molecule has 9 heteroatoms. The van der Waals surface area contributed by atoms with Gasteiger partial charge in [0.1, 0.15) is 11.9 Å². The lowest BCUT2D eigenvalue weighted by Crippen LogP contribution is -2.48. The third-order valence-corrected chi connectivity index (χ3v) is 6.88. The number of likely N-dealkylation sites (tertiary alicyclic amines) is 1. The molecule has 0 unspecified atom stereocenters. The number of hydrogen-bond donors (Lipinski definition) is 3. The predicted octanol–water partition coefficient (Wildman–Crippen LogP) is 2.51. The molecular formula is C23H33N7O2. The van der Waals surface area contributed by atoms with Crippen molar-refractivity contribution in [3.05, 3.63) is 23.0 Å². The van der Waals surface area contributed by atoms with Crippen molar-refractivity contribution in [1.29, 1.82) is 0 Å². The summed E-state index contributed by atoms with van der Waals surface area (Å²) in [6.45, 7) is 6.22. The monoisotopic (exact) mass is 439 g/mol. The molecule has 0 radical (unpaired) electrons. The fourth-order valence-electron chi connectivity index (χ4n) is 5.06. The lowest BCUT2D eigenvalue weighted by atomic mass is 10.1. The minimum Gasteiger partial charge on any atom is -0.391 e. The van der Waals surface area contributed by atoms with Crippen LogP contribution < -0.4 is 10.2 Å². The third-order valence-electron chi connectivity index (χ3n) is 6.88. The van der Waals surface area contributed by atoms with E-state index < -0.39 is 12.1 Å². The Kier molecular flexibility index (Phi) is 5.75. The molecule has 2 fully saturated rings. The number of aromatic amines is 1. The Balaban J connectivity index is 1.44. The summed E-state index contributed by atoms with van der Waals surface area (Å²) in [7, 11) is 0. The van der Waals surface area contributed by atoms with Gasteiger partial charge in [0.2, 0.25) is 11.9 Å². The van der Waals surface area contributed by atoms with Gasteiger partial charge >= 0.3 is 0 Å². The van der Waals surface area contributed by atoms with E-state index in [1.54, 1.807) is 0 Å². The van der Waals surface area contributed by atoms with Gasteiger partial charge in [0.15, 0.2) is 5.82 Å². The highest BCUT2D eigenvalue weighted by molar-refractivity contribution is 5.85. The number of amides is 1. The first-order chi connectivity index (χ1) is 15.5. The lowest BCUT2D eigenvalue weighted by molar-refractivity contribution is -0.133. The zero-order valence-electron chi connectivity index (χ0n) is 19.0. The van der Waals surface area contributed by atoms with Gasteiger partial charge in [0.25, 0.3) is 0 Å². The maximum atomic E-state index is 13.3. The molecule has 2 aromatic heterocycles. The molecular weight excluding hydrogens is 406 g/mol. The van der Waals surface area contributed by atoms with Crippen LogP contribution in [-0.2, 0) is 17.6 Å². The Morgan fingerprint density at radius 1 is 1.19 bits per heavy atom. The average Bonchev–Trinajstić information content (AvgIpc) is 3.53. The number of carbonyl (C=O) groups excluding carboxylic acids is 1. The Hall–Kier alpha value is -2.68. The summed E-state index contributed by atoms with van der Waals surface area (Å²) in [6.07, 6.45) is 6.02. The molecule has 2 atom stereocenters. The van der Waals surface area contributed by atoms with E-state index in [-0.39, 0.29) is 5.91 Å². The SMILES string of the molecule is CC(C)c1cc(Nc2nc(N3C[C@@H](O)C[C@H]3C(=O)N3CCCCC3)nc3c2CCC3)n[nH]1. The largest absolute Gasteiger partial charge is 0.391 e. The minimum atomic E-state index is -0.554. The third kappa shape index (κ3) is 4.05. The first-order valence-electron chi connectivity index (χ1n) is 11.9. The molecule has 1 amide bonds. The van der Waals surface area contributed by atoms with E-state index in [0.29, 0.717) is 24.8 Å². The molecule has 1 aliphatic carbocycles. The van der Waals surface area contributed by atoms with Crippen molar-refractivity contribution < 1.29 is 9.90 Å². The van der Waals surface area contributed by atoms with Gasteiger partial charge in [-0.05, 0) is 44.4 Å². The number of piperidine rings is 1. The summed E-state index contributed by atoms with van der Waals surface area (Å²) in [4.78, 5) is 26.9. The molecule has 0 spiro atoms. The van der Waals surface area contributed by atoms with Crippen LogP contribution in [-0.4, -0.2) is 67.9 Å². The summed E-state index contributed by atoms with van der Waals surface area (Å²) in [5.41, 5.74) is 3.22. The first-order valence-corrected chi connectivity index (χ1v) is 11.9. The van der Waals surface area contributed by atoms with Crippen LogP contribution in [0.15, 0.2) is 6.07 Å². The molecule has 0 saturated carbocycles. The average molecular weight is 440 g/mol. The van der Waals surface area contributed by atoms with Crippen molar-refractivity contribution in [2.45, 2.75) is 76.9 Å². The first kappa shape index (κ1) is 21.2. The Labute approximate surface area is 188 Å². The number of aliphatic hydroxyl groups excluding tert-OH is 1. The lowest BCUT2D eigenvalue weighted by Gasteiger charge is -2.32. The van der Waals surface area contributed by atoms with Gasteiger partial charge < -0.3 is 20.2 Å². The summed E-state index contributed by atoms with van der Waals surface area (Å²) in [5.74, 6) is 2.47. The van der Waals surface area contributed by atoms with Gasteiger partial charge in [0, 0.05) is 43.4 Å². The normalized spacial score (nSPS) is 23.1. The second-order valence-electron chi connectivity index (χ2n) is 9.58. The molecule has 172 valence electrons. The molecule has 0 bridgehead atoms. The highest BCUT2D eigenvalue weighted by Crippen LogP contribution is 2.33. The second-order valence-corrected chi connectivity index (χ2v) is 9.58. The minimum absolute atomic E-state index is 0.0914. The number of aryl methyl sites for hydroxylation is 1. The van der Waals surface area contributed by atoms with E-state index in [1.165, 1.54) is 6.42 Å². The number of nitrogens with one attached hydrogen (secondary N) is 2. The fraction of sp³-hybridized carbons (Fsp3) is 0.652. The number of H-pyrrole nitrogens is 1. The van der Waals surface area contributed by atoms with Gasteiger partial charge in [-0.3, -0.25) is 9.89 Å².